The predicted octanol–water partition coefficient (Wildman–Crippen LogP) is 2.64. The Balaban J connectivity index is 4.89. The van der Waals surface area contributed by atoms with Gasteiger partial charge in [-0.3, -0.25) is 4.79 Å². The number of carbonyl (C=O) groups excluding carboxylic acids is 1. The number of nitrogens with zero attached hydrogens (tertiary/aromatic N) is 1. The average Bonchev–Trinajstić information content (AvgIpc) is 1.80. The highest BCUT2D eigenvalue weighted by atomic mass is 16.2. The van der Waals surface area contributed by atoms with Crippen molar-refractivity contribution in [3.05, 3.63) is 6.42 Å². The van der Waals surface area contributed by atoms with Crippen LogP contribution in [0.5, 0.6) is 0 Å². The van der Waals surface area contributed by atoms with Gasteiger partial charge in [0.25, 0.3) is 0 Å². The minimum Gasteiger partial charge on any atom is -0.333 e. The molecule has 0 atom stereocenters. The van der Waals surface area contributed by atoms with Crippen molar-refractivity contribution in [1.82, 2.24) is 4.90 Å². The Kier molecular flexibility index (Phi) is 3.54. The van der Waals surface area contributed by atoms with Crippen molar-refractivity contribution >= 4 is 5.91 Å². The molecule has 0 N–H and O–H groups in total. The predicted molar refractivity (Wildman–Crippen MR) is 56.3 cm³/mol. The highest BCUT2D eigenvalue weighted by molar-refractivity contribution is 5.85. The molecule has 2 nitrogen and oxygen atoms in total. The fourth-order valence-corrected chi connectivity index (χ4v) is 1.80. The number of hydrogen-bond acceptors (Lipinski definition) is 1. The van der Waals surface area contributed by atoms with E-state index >= 15 is 0 Å². The van der Waals surface area contributed by atoms with Gasteiger partial charge in [0.15, 0.2) is 0 Å². The summed E-state index contributed by atoms with van der Waals surface area (Å²) in [4.78, 5) is 13.6. The Morgan fingerprint density at radius 1 is 1.00 bits per heavy atom. The van der Waals surface area contributed by atoms with Gasteiger partial charge in [0.05, 0.1) is 0 Å². The Hall–Kier alpha value is -0.530. The molecule has 0 heterocycles. The summed E-state index contributed by atoms with van der Waals surface area (Å²) in [5.41, 5.74) is -0.246. The summed E-state index contributed by atoms with van der Waals surface area (Å²) >= 11 is 0. The topological polar surface area (TPSA) is 20.3 Å². The number of amides is 1. The lowest BCUT2D eigenvalue weighted by Gasteiger charge is -2.45. The number of hydrogen-bond donors (Lipinski definition) is 0. The monoisotopic (exact) mass is 184 g/mol. The standard InChI is InChI=1S/C11H22NO/c1-8-9(13)12(10(2,3)4)11(5,6)7/h8H,1-7H3. The third-order valence-corrected chi connectivity index (χ3v) is 1.81. The van der Waals surface area contributed by atoms with Crippen molar-refractivity contribution in [2.45, 2.75) is 59.5 Å². The second-order valence-electron chi connectivity index (χ2n) is 5.30. The number of carbonyl (C=O) groups is 1. The molecule has 1 amide bonds. The molecule has 0 aromatic heterocycles. The molecule has 0 aromatic rings. The van der Waals surface area contributed by atoms with Gasteiger partial charge in [-0.15, -0.1) is 0 Å². The Bertz CT molecular complexity index is 169. The van der Waals surface area contributed by atoms with Crippen molar-refractivity contribution in [2.75, 3.05) is 0 Å². The highest BCUT2D eigenvalue weighted by Crippen LogP contribution is 2.25. The maximum absolute atomic E-state index is 11.7. The SMILES string of the molecule is C[CH]C(=O)N(C(C)(C)C)C(C)(C)C. The normalized spacial score (nSPS) is 12.8. The second kappa shape index (κ2) is 3.69. The van der Waals surface area contributed by atoms with Crippen LogP contribution in [0.2, 0.25) is 0 Å². The molecule has 0 rings (SSSR count). The van der Waals surface area contributed by atoms with E-state index in [4.69, 9.17) is 0 Å². The van der Waals surface area contributed by atoms with Crippen LogP contribution in [0.3, 0.4) is 0 Å². The lowest BCUT2D eigenvalue weighted by atomic mass is 9.95. The third-order valence-electron chi connectivity index (χ3n) is 1.81. The zero-order chi connectivity index (χ0) is 10.9. The van der Waals surface area contributed by atoms with E-state index in [1.165, 1.54) is 0 Å². The minimum atomic E-state index is -0.123. The van der Waals surface area contributed by atoms with Gasteiger partial charge in [0.1, 0.15) is 0 Å². The maximum Gasteiger partial charge on any atom is 0.227 e. The first-order valence-corrected chi connectivity index (χ1v) is 4.74. The van der Waals surface area contributed by atoms with Crippen molar-refractivity contribution in [3.63, 3.8) is 0 Å². The Morgan fingerprint density at radius 2 is 1.31 bits per heavy atom. The van der Waals surface area contributed by atoms with E-state index in [0.717, 1.165) is 0 Å². The molecule has 0 saturated carbocycles. The summed E-state index contributed by atoms with van der Waals surface area (Å²) in [6.45, 7) is 14.1. The summed E-state index contributed by atoms with van der Waals surface area (Å²) in [6.07, 6.45) is 1.62. The van der Waals surface area contributed by atoms with E-state index in [1.54, 1.807) is 13.3 Å². The van der Waals surface area contributed by atoms with Crippen LogP contribution in [0.15, 0.2) is 0 Å². The maximum atomic E-state index is 11.7. The molecule has 0 saturated heterocycles. The summed E-state index contributed by atoms with van der Waals surface area (Å²) in [7, 11) is 0. The minimum absolute atomic E-state index is 0.0972. The Morgan fingerprint density at radius 3 is 1.38 bits per heavy atom. The van der Waals surface area contributed by atoms with E-state index in [0.29, 0.717) is 0 Å². The van der Waals surface area contributed by atoms with Gasteiger partial charge in [0, 0.05) is 17.5 Å². The first-order chi connectivity index (χ1) is 5.60. The van der Waals surface area contributed by atoms with Crippen LogP contribution < -0.4 is 0 Å². The molecule has 0 aliphatic rings. The van der Waals surface area contributed by atoms with Crippen molar-refractivity contribution in [1.29, 1.82) is 0 Å². The van der Waals surface area contributed by atoms with Crippen LogP contribution in [0.1, 0.15) is 48.5 Å². The zero-order valence-electron chi connectivity index (χ0n) is 9.93. The van der Waals surface area contributed by atoms with E-state index < -0.39 is 0 Å². The van der Waals surface area contributed by atoms with Crippen molar-refractivity contribution in [3.8, 4) is 0 Å². The summed E-state index contributed by atoms with van der Waals surface area (Å²) in [6, 6.07) is 0. The van der Waals surface area contributed by atoms with E-state index in [2.05, 4.69) is 41.5 Å². The van der Waals surface area contributed by atoms with Crippen LogP contribution in [0.4, 0.5) is 0 Å². The molecule has 0 fully saturated rings. The van der Waals surface area contributed by atoms with E-state index in [1.807, 2.05) is 4.90 Å². The van der Waals surface area contributed by atoms with E-state index in [-0.39, 0.29) is 17.0 Å². The summed E-state index contributed by atoms with van der Waals surface area (Å²) in [5.74, 6) is 0.0972. The van der Waals surface area contributed by atoms with Gasteiger partial charge >= 0.3 is 0 Å². The van der Waals surface area contributed by atoms with Crippen molar-refractivity contribution < 1.29 is 4.79 Å². The van der Waals surface area contributed by atoms with Crippen LogP contribution >= 0.6 is 0 Å². The average molecular weight is 184 g/mol. The van der Waals surface area contributed by atoms with Crippen LogP contribution in [0.25, 0.3) is 0 Å². The smallest absolute Gasteiger partial charge is 0.227 e. The quantitative estimate of drug-likeness (QED) is 0.613. The molecule has 1 radical (unpaired) electrons. The first kappa shape index (κ1) is 12.5. The molecule has 0 aliphatic heterocycles. The molecule has 0 bridgehead atoms. The highest BCUT2D eigenvalue weighted by Gasteiger charge is 2.34. The van der Waals surface area contributed by atoms with Crippen LogP contribution in [-0.2, 0) is 4.79 Å². The molecule has 0 aliphatic carbocycles. The lowest BCUT2D eigenvalue weighted by molar-refractivity contribution is -0.138. The molecular weight excluding hydrogens is 162 g/mol. The molecule has 77 valence electrons. The molecule has 0 spiro atoms. The fourth-order valence-electron chi connectivity index (χ4n) is 1.80. The van der Waals surface area contributed by atoms with Gasteiger partial charge in [-0.2, -0.15) is 0 Å². The molecule has 13 heavy (non-hydrogen) atoms. The van der Waals surface area contributed by atoms with E-state index in [9.17, 15) is 4.79 Å². The number of rotatable bonds is 1. The fraction of sp³-hybridized carbons (Fsp3) is 0.818. The molecule has 0 aromatic carbocycles. The van der Waals surface area contributed by atoms with Crippen LogP contribution in [0, 0.1) is 6.42 Å². The Labute approximate surface area is 82.3 Å². The van der Waals surface area contributed by atoms with Gasteiger partial charge in [0.2, 0.25) is 5.91 Å². The molecular formula is C11H22NO. The lowest BCUT2D eigenvalue weighted by Crippen LogP contribution is -2.55. The molecule has 2 heteroatoms. The largest absolute Gasteiger partial charge is 0.333 e. The van der Waals surface area contributed by atoms with Crippen molar-refractivity contribution in [2.24, 2.45) is 0 Å². The van der Waals surface area contributed by atoms with Gasteiger partial charge < -0.3 is 4.90 Å². The zero-order valence-corrected chi connectivity index (χ0v) is 9.93. The summed E-state index contributed by atoms with van der Waals surface area (Å²) in [5, 5.41) is 0. The van der Waals surface area contributed by atoms with Crippen LogP contribution in [-0.4, -0.2) is 21.9 Å². The second-order valence-corrected chi connectivity index (χ2v) is 5.30. The molecule has 0 unspecified atom stereocenters. The van der Waals surface area contributed by atoms with Gasteiger partial charge in [-0.05, 0) is 41.5 Å². The summed E-state index contributed by atoms with van der Waals surface area (Å²) < 4.78 is 0. The van der Waals surface area contributed by atoms with Gasteiger partial charge in [-0.1, -0.05) is 6.92 Å². The third kappa shape index (κ3) is 3.37. The van der Waals surface area contributed by atoms with Gasteiger partial charge in [-0.25, -0.2) is 0 Å². The first-order valence-electron chi connectivity index (χ1n) is 4.74.